The summed E-state index contributed by atoms with van der Waals surface area (Å²) in [6.07, 6.45) is 23.6. The predicted octanol–water partition coefficient (Wildman–Crippen LogP) is 7.60. The van der Waals surface area contributed by atoms with Gasteiger partial charge in [-0.05, 0) is 64.2 Å². The van der Waals surface area contributed by atoms with Crippen LogP contribution in [0, 0.1) is 17.8 Å². The van der Waals surface area contributed by atoms with Gasteiger partial charge in [-0.1, -0.05) is 183 Å². The monoisotopic (exact) mass is 1090 g/mol. The summed E-state index contributed by atoms with van der Waals surface area (Å²) in [4.78, 5) is 113. The fourth-order valence-corrected chi connectivity index (χ4v) is 10.3. The smallest absolute Gasteiger partial charge is 0.331 e. The molecule has 18 nitrogen and oxygen atoms in total. The van der Waals surface area contributed by atoms with Crippen molar-refractivity contribution in [1.29, 1.82) is 0 Å². The van der Waals surface area contributed by atoms with Gasteiger partial charge < -0.3 is 51.4 Å². The number of methoxy groups -OCH3 is 1. The molecule has 7 N–H and O–H groups in total. The summed E-state index contributed by atoms with van der Waals surface area (Å²) in [7, 11) is 1.37. The zero-order chi connectivity index (χ0) is 57.5. The summed E-state index contributed by atoms with van der Waals surface area (Å²) in [5.74, 6) is -6.94. The van der Waals surface area contributed by atoms with Crippen LogP contribution in [-0.2, 0) is 47.8 Å². The third kappa shape index (κ3) is 25.6. The van der Waals surface area contributed by atoms with Crippen LogP contribution in [0.5, 0.6) is 0 Å². The second kappa shape index (κ2) is 38.3. The number of hydrogen-bond acceptors (Lipinski definition) is 11. The second-order valence-corrected chi connectivity index (χ2v) is 23.1. The van der Waals surface area contributed by atoms with E-state index in [0.717, 1.165) is 25.7 Å². The van der Waals surface area contributed by atoms with Crippen molar-refractivity contribution in [3.63, 3.8) is 0 Å². The van der Waals surface area contributed by atoms with Crippen LogP contribution in [-0.4, -0.2) is 132 Å². The Morgan fingerprint density at radius 1 is 0.545 bits per heavy atom. The maximum atomic E-state index is 14.2. The van der Waals surface area contributed by atoms with Crippen molar-refractivity contribution >= 4 is 47.3 Å². The minimum atomic E-state index is -1.52. The number of cyclic esters (lactones) is 1. The number of nitrogens with zero attached hydrogens (tertiary/aromatic N) is 1. The van der Waals surface area contributed by atoms with Crippen LogP contribution in [0.2, 0.25) is 0 Å². The van der Waals surface area contributed by atoms with E-state index >= 15 is 0 Å². The van der Waals surface area contributed by atoms with Crippen molar-refractivity contribution in [2.75, 3.05) is 13.7 Å². The molecule has 0 unspecified atom stereocenters. The number of aliphatic hydroxyl groups excluding tert-OH is 1. The molecule has 77 heavy (non-hydrogen) atoms. The molecule has 0 aromatic carbocycles. The molecule has 2 fully saturated rings. The van der Waals surface area contributed by atoms with Gasteiger partial charge in [0.2, 0.25) is 41.4 Å². The van der Waals surface area contributed by atoms with Crippen LogP contribution in [0.1, 0.15) is 236 Å². The predicted molar refractivity (Wildman–Crippen MR) is 301 cm³/mol. The Morgan fingerprint density at radius 3 is 1.40 bits per heavy atom. The number of carbonyl (C=O) groups is 8. The molecule has 0 aliphatic carbocycles. The van der Waals surface area contributed by atoms with Crippen LogP contribution in [0.15, 0.2) is 0 Å². The maximum Gasteiger partial charge on any atom is 0.331 e. The highest BCUT2D eigenvalue weighted by Crippen LogP contribution is 2.22. The third-order valence-electron chi connectivity index (χ3n) is 15.7. The highest BCUT2D eigenvalue weighted by molar-refractivity contribution is 5.98. The van der Waals surface area contributed by atoms with E-state index in [1.807, 2.05) is 6.92 Å². The van der Waals surface area contributed by atoms with E-state index in [2.05, 4.69) is 38.8 Å². The molecule has 2 saturated heterocycles. The molecule has 444 valence electrons. The largest absolute Gasteiger partial charge is 0.460 e. The minimum Gasteiger partial charge on any atom is -0.460 e. The van der Waals surface area contributed by atoms with E-state index in [1.54, 1.807) is 41.5 Å². The average Bonchev–Trinajstić information content (AvgIpc) is 3.89. The van der Waals surface area contributed by atoms with Crippen molar-refractivity contribution in [1.82, 2.24) is 36.8 Å². The van der Waals surface area contributed by atoms with Crippen LogP contribution in [0.3, 0.4) is 0 Å². The lowest BCUT2D eigenvalue weighted by atomic mass is 9.96. The number of aliphatic hydroxyl groups is 1. The summed E-state index contributed by atoms with van der Waals surface area (Å²) in [6, 6.07) is -8.44. The number of fused-ring (bicyclic) bond motifs is 1. The number of rotatable bonds is 29. The zero-order valence-electron chi connectivity index (χ0n) is 49.6. The summed E-state index contributed by atoms with van der Waals surface area (Å²) < 4.78 is 11.6. The molecule has 7 amide bonds. The van der Waals surface area contributed by atoms with Crippen LogP contribution >= 0.6 is 0 Å². The van der Waals surface area contributed by atoms with Gasteiger partial charge in [-0.15, -0.1) is 0 Å². The van der Waals surface area contributed by atoms with Crippen LogP contribution in [0.25, 0.3) is 0 Å². The number of nitrogens with one attached hydrogen (secondary N) is 6. The van der Waals surface area contributed by atoms with Gasteiger partial charge in [0.15, 0.2) is 6.04 Å². The molecule has 0 aromatic rings. The highest BCUT2D eigenvalue weighted by Gasteiger charge is 2.41. The molecule has 2 rings (SSSR count). The van der Waals surface area contributed by atoms with E-state index < -0.39 is 126 Å². The first-order chi connectivity index (χ1) is 36.7. The number of carbonyl (C=O) groups excluding carboxylic acids is 8. The van der Waals surface area contributed by atoms with Gasteiger partial charge in [0.05, 0.1) is 18.6 Å². The normalized spacial score (nSPS) is 25.4. The quantitative estimate of drug-likeness (QED) is 0.0284. The number of unbranched alkanes of at least 4 members (excludes halogenated alkanes) is 20. The van der Waals surface area contributed by atoms with E-state index in [-0.39, 0.29) is 19.4 Å². The SMILES string of the molecule is CCCCCCCCCCCCCCCCCCCCCCC[C@@H]1CC(=O)N[C@@H]([C@@H](C)O)C(=O)N[C@@H](C(C)C)C(=O)N[C@@H](C)C(=O)N2CCC[C@@H]2C(=O)N[C@H]([C@@H](C)CC)C(=O)N[C@@H](C(C)C)C(=O)N[C@@H]([C@@H](C)OC)C(=O)O1. The lowest BCUT2D eigenvalue weighted by Gasteiger charge is -2.32. The standard InChI is InChI=1S/C59H107N7O11/c1-12-14-15-16-17-18-19-20-21-22-23-24-25-26-27-28-29-30-31-32-33-35-45-38-47(68)61-51(43(9)67)57(73)63-48(39(3)4)54(70)60-42(8)58(74)66-37-34-36-46(66)53(69)64-50(41(7)13-2)56(72)62-49(40(5)6)55(71)65-52(44(10)76-11)59(75)77-45/h39-46,48-52,67H,12-38H2,1-11H3,(H,60,70)(H,61,68)(H,62,72)(H,63,73)(H,64,69)(H,65,71)/t41-,42-,43+,44+,45+,46+,48-,49-,50+,51-,52-/m0/s1. The molecule has 0 saturated carbocycles. The second-order valence-electron chi connectivity index (χ2n) is 23.1. The summed E-state index contributed by atoms with van der Waals surface area (Å²) in [5, 5.41) is 27.1. The fourth-order valence-electron chi connectivity index (χ4n) is 10.3. The van der Waals surface area contributed by atoms with Gasteiger partial charge in [-0.2, -0.15) is 0 Å². The molecule has 0 aromatic heterocycles. The van der Waals surface area contributed by atoms with Gasteiger partial charge in [-0.25, -0.2) is 4.79 Å². The molecule has 11 atom stereocenters. The van der Waals surface area contributed by atoms with Gasteiger partial charge >= 0.3 is 5.97 Å². The number of amides is 7. The first-order valence-corrected chi connectivity index (χ1v) is 30.2. The van der Waals surface area contributed by atoms with Crippen molar-refractivity contribution in [2.45, 2.75) is 297 Å². The number of hydrogen-bond donors (Lipinski definition) is 7. The van der Waals surface area contributed by atoms with E-state index in [1.165, 1.54) is 129 Å². The van der Waals surface area contributed by atoms with E-state index in [9.17, 15) is 43.5 Å². The van der Waals surface area contributed by atoms with Crippen molar-refractivity contribution < 1.29 is 52.9 Å². The van der Waals surface area contributed by atoms with Gasteiger partial charge in [-0.3, -0.25) is 33.6 Å². The molecule has 18 heteroatoms. The molecule has 0 spiro atoms. The Bertz CT molecular complexity index is 1780. The topological polar surface area (TPSA) is 251 Å². The Morgan fingerprint density at radius 2 is 0.961 bits per heavy atom. The Kier molecular flexibility index (Phi) is 34.2. The van der Waals surface area contributed by atoms with Crippen LogP contribution < -0.4 is 31.9 Å². The molecule has 2 aliphatic heterocycles. The molecule has 0 bridgehead atoms. The van der Waals surface area contributed by atoms with Gasteiger partial charge in [0, 0.05) is 13.7 Å². The third-order valence-corrected chi connectivity index (χ3v) is 15.7. The first kappa shape index (κ1) is 68.8. The van der Waals surface area contributed by atoms with E-state index in [0.29, 0.717) is 25.7 Å². The van der Waals surface area contributed by atoms with Gasteiger partial charge in [0.25, 0.3) is 0 Å². The fraction of sp³-hybridized carbons (Fsp3) is 0.864. The average molecular weight is 1090 g/mol. The number of esters is 1. The van der Waals surface area contributed by atoms with Crippen molar-refractivity contribution in [3.05, 3.63) is 0 Å². The lowest BCUT2D eigenvalue weighted by Crippen LogP contribution is -2.61. The zero-order valence-corrected chi connectivity index (χ0v) is 49.6. The number of ether oxygens (including phenoxy) is 2. The Balaban J connectivity index is 2.27. The van der Waals surface area contributed by atoms with Crippen molar-refractivity contribution in [3.8, 4) is 0 Å². The summed E-state index contributed by atoms with van der Waals surface area (Å²) in [6.45, 7) is 17.4. The van der Waals surface area contributed by atoms with Crippen LogP contribution in [0.4, 0.5) is 0 Å². The summed E-state index contributed by atoms with van der Waals surface area (Å²) >= 11 is 0. The minimum absolute atomic E-state index is 0.219. The van der Waals surface area contributed by atoms with E-state index in [4.69, 9.17) is 9.47 Å². The lowest BCUT2D eigenvalue weighted by molar-refractivity contribution is -0.158. The molecule has 2 aliphatic rings. The van der Waals surface area contributed by atoms with Gasteiger partial charge in [0.1, 0.15) is 42.4 Å². The molecular formula is C59H107N7O11. The molecule has 0 radical (unpaired) electrons. The van der Waals surface area contributed by atoms with Crippen molar-refractivity contribution in [2.24, 2.45) is 17.8 Å². The Labute approximate surface area is 463 Å². The first-order valence-electron chi connectivity index (χ1n) is 30.2. The molecular weight excluding hydrogens is 983 g/mol. The Hall–Kier alpha value is -4.32. The molecule has 2 heterocycles. The maximum absolute atomic E-state index is 14.2. The highest BCUT2D eigenvalue weighted by atomic mass is 16.5. The summed E-state index contributed by atoms with van der Waals surface area (Å²) in [5.41, 5.74) is 0.